The average Bonchev–Trinajstić information content (AvgIpc) is 3.66. The van der Waals surface area contributed by atoms with Crippen LogP contribution in [0.15, 0.2) is 48.5 Å². The number of carbonyl (C=O) groups excluding carboxylic acids is 4. The summed E-state index contributed by atoms with van der Waals surface area (Å²) in [5.74, 6) is 0.798. The maximum absolute atomic E-state index is 13.1. The lowest BCUT2D eigenvalue weighted by atomic mass is 9.79. The van der Waals surface area contributed by atoms with E-state index in [1.165, 1.54) is 12.7 Å². The van der Waals surface area contributed by atoms with Gasteiger partial charge in [-0.3, -0.25) is 24.6 Å². The average molecular weight is 683 g/mol. The van der Waals surface area contributed by atoms with Crippen molar-refractivity contribution in [2.24, 2.45) is 5.41 Å². The lowest BCUT2D eigenvalue weighted by Gasteiger charge is -2.46. The number of methoxy groups -OCH3 is 1. The first-order chi connectivity index (χ1) is 23.9. The number of hydrogen-bond acceptors (Lipinski definition) is 9. The molecule has 0 aliphatic carbocycles. The topological polar surface area (TPSA) is 133 Å². The predicted octanol–water partition coefficient (Wildman–Crippen LogP) is 4.39. The number of aromatic nitrogens is 1. The van der Waals surface area contributed by atoms with E-state index in [1.807, 2.05) is 12.1 Å². The van der Waals surface area contributed by atoms with Crippen LogP contribution in [0.1, 0.15) is 74.4 Å². The van der Waals surface area contributed by atoms with Crippen molar-refractivity contribution in [3.63, 3.8) is 0 Å². The Morgan fingerprint density at radius 2 is 1.84 bits per heavy atom. The number of pyridine rings is 1. The molecule has 5 heterocycles. The molecule has 7 rings (SSSR count). The number of rotatable bonds is 7. The largest absolute Gasteiger partial charge is 0.489 e. The molecule has 1 aromatic heterocycles. The quantitative estimate of drug-likeness (QED) is 0.348. The Labute approximate surface area is 292 Å². The molecule has 264 valence electrons. The van der Waals surface area contributed by atoms with Crippen molar-refractivity contribution in [2.45, 2.75) is 90.2 Å². The number of alkyl carbamates (subject to hydrolysis) is 1. The summed E-state index contributed by atoms with van der Waals surface area (Å²) in [6, 6.07) is 16.0. The number of ether oxygens (including phenoxy) is 2. The van der Waals surface area contributed by atoms with Crippen molar-refractivity contribution in [1.82, 2.24) is 25.4 Å². The lowest BCUT2D eigenvalue weighted by molar-refractivity contribution is -0.136. The van der Waals surface area contributed by atoms with Crippen molar-refractivity contribution < 1.29 is 28.7 Å². The van der Waals surface area contributed by atoms with Crippen LogP contribution < -0.4 is 20.3 Å². The summed E-state index contributed by atoms with van der Waals surface area (Å²) in [5, 5.41) is 6.45. The fourth-order valence-corrected chi connectivity index (χ4v) is 7.95. The van der Waals surface area contributed by atoms with Crippen molar-refractivity contribution in [2.75, 3.05) is 31.6 Å². The standard InChI is InChI=1S/C38H46N6O6/c1-38(2,3)32-19-26(39-37(48)49-4)13-16-43(32)33-11-6-24-17-23(5-9-30(24)40-33)20-42-15-14-28(22-42)50-27-7-8-29-25(18-27)21-44(36(29)47)31-10-12-34(45)41-35(31)46/h5-9,11,17-18,26,28,31-32H,10,12-16,19-22H2,1-4H3,(H,39,48)(H,41,45,46)/t26?,28-,31-,32?/m0/s1. The Bertz CT molecular complexity index is 1820. The summed E-state index contributed by atoms with van der Waals surface area (Å²) in [5.41, 5.74) is 3.60. The zero-order valence-electron chi connectivity index (χ0n) is 29.2. The molecule has 3 fully saturated rings. The molecule has 12 heteroatoms. The third-order valence-corrected chi connectivity index (χ3v) is 10.6. The van der Waals surface area contributed by atoms with Crippen LogP contribution in [0.25, 0.3) is 10.9 Å². The van der Waals surface area contributed by atoms with Gasteiger partial charge in [-0.15, -0.1) is 0 Å². The smallest absolute Gasteiger partial charge is 0.407 e. The van der Waals surface area contributed by atoms with Crippen LogP contribution in [0.2, 0.25) is 0 Å². The van der Waals surface area contributed by atoms with Crippen molar-refractivity contribution in [1.29, 1.82) is 0 Å². The van der Waals surface area contributed by atoms with Gasteiger partial charge in [-0.25, -0.2) is 9.78 Å². The van der Waals surface area contributed by atoms with Crippen LogP contribution in [-0.4, -0.2) is 89.6 Å². The third-order valence-electron chi connectivity index (χ3n) is 10.6. The fourth-order valence-electron chi connectivity index (χ4n) is 7.95. The monoisotopic (exact) mass is 682 g/mol. The molecule has 0 saturated carbocycles. The Morgan fingerprint density at radius 3 is 2.62 bits per heavy atom. The van der Waals surface area contributed by atoms with Crippen molar-refractivity contribution >= 4 is 40.5 Å². The highest BCUT2D eigenvalue weighted by Gasteiger charge is 2.40. The SMILES string of the molecule is COC(=O)NC1CCN(c2ccc3cc(CN4CC[C@H](Oc5ccc6c(c5)CN([C@H]5CCC(=O)NC5=O)C6=O)C4)ccc3n2)C(C(C)(C)C)C1. The van der Waals surface area contributed by atoms with Crippen LogP contribution >= 0.6 is 0 Å². The molecule has 12 nitrogen and oxygen atoms in total. The molecule has 3 aromatic rings. The number of nitrogens with zero attached hydrogens (tertiary/aromatic N) is 4. The minimum atomic E-state index is -0.630. The zero-order chi connectivity index (χ0) is 35.2. The molecular weight excluding hydrogens is 636 g/mol. The van der Waals surface area contributed by atoms with Crippen molar-refractivity contribution in [3.05, 3.63) is 65.2 Å². The second-order valence-corrected chi connectivity index (χ2v) is 15.1. The van der Waals surface area contributed by atoms with E-state index >= 15 is 0 Å². The molecule has 4 aliphatic heterocycles. The summed E-state index contributed by atoms with van der Waals surface area (Å²) in [6.07, 6.45) is 2.78. The number of carbonyl (C=O) groups is 4. The number of likely N-dealkylation sites (tertiary alicyclic amines) is 1. The molecule has 50 heavy (non-hydrogen) atoms. The number of imide groups is 1. The van der Waals surface area contributed by atoms with Gasteiger partial charge >= 0.3 is 6.09 Å². The molecule has 4 atom stereocenters. The normalized spacial score (nSPS) is 24.4. The molecule has 2 aromatic carbocycles. The second-order valence-electron chi connectivity index (χ2n) is 15.1. The number of anilines is 1. The summed E-state index contributed by atoms with van der Waals surface area (Å²) in [6.45, 7) is 10.4. The maximum atomic E-state index is 13.1. The Morgan fingerprint density at radius 1 is 1.00 bits per heavy atom. The van der Waals surface area contributed by atoms with Gasteiger partial charge in [0.25, 0.3) is 5.91 Å². The molecule has 2 unspecified atom stereocenters. The molecule has 3 saturated heterocycles. The molecule has 4 aliphatic rings. The number of nitrogens with one attached hydrogen (secondary N) is 2. The van der Waals surface area contributed by atoms with Crippen LogP contribution in [0, 0.1) is 5.41 Å². The Kier molecular flexibility index (Phi) is 9.15. The number of hydrogen-bond donors (Lipinski definition) is 2. The Balaban J connectivity index is 0.957. The summed E-state index contributed by atoms with van der Waals surface area (Å²) >= 11 is 0. The summed E-state index contributed by atoms with van der Waals surface area (Å²) < 4.78 is 11.2. The number of amides is 4. The highest BCUT2D eigenvalue weighted by Crippen LogP contribution is 2.36. The first-order valence-electron chi connectivity index (χ1n) is 17.6. The number of piperidine rings is 2. The fraction of sp³-hybridized carbons (Fsp3) is 0.500. The van der Waals surface area contributed by atoms with E-state index in [1.54, 1.807) is 11.0 Å². The molecule has 0 radical (unpaired) electrons. The van der Waals surface area contributed by atoms with Gasteiger partial charge in [0.2, 0.25) is 11.8 Å². The van der Waals surface area contributed by atoms with Gasteiger partial charge < -0.3 is 24.6 Å². The van der Waals surface area contributed by atoms with E-state index in [-0.39, 0.29) is 47.9 Å². The molecule has 0 spiro atoms. The minimum Gasteiger partial charge on any atom is -0.489 e. The van der Waals surface area contributed by atoms with Crippen LogP contribution in [0.3, 0.4) is 0 Å². The van der Waals surface area contributed by atoms with Gasteiger partial charge in [0.05, 0.1) is 12.6 Å². The second kappa shape index (κ2) is 13.5. The van der Waals surface area contributed by atoms with E-state index in [0.717, 1.165) is 73.5 Å². The zero-order valence-corrected chi connectivity index (χ0v) is 29.2. The molecule has 4 amide bonds. The lowest BCUT2D eigenvalue weighted by Crippen LogP contribution is -2.55. The van der Waals surface area contributed by atoms with E-state index in [4.69, 9.17) is 14.5 Å². The first kappa shape index (κ1) is 33.8. The highest BCUT2D eigenvalue weighted by atomic mass is 16.5. The van der Waals surface area contributed by atoms with E-state index < -0.39 is 11.9 Å². The van der Waals surface area contributed by atoms with Gasteiger partial charge in [-0.05, 0) is 84.7 Å². The minimum absolute atomic E-state index is 0.00718. The van der Waals surface area contributed by atoms with Crippen LogP contribution in [-0.2, 0) is 27.4 Å². The van der Waals surface area contributed by atoms with E-state index in [9.17, 15) is 19.2 Å². The van der Waals surface area contributed by atoms with Gasteiger partial charge in [0, 0.05) is 62.2 Å². The summed E-state index contributed by atoms with van der Waals surface area (Å²) in [4.78, 5) is 60.3. The van der Waals surface area contributed by atoms with E-state index in [2.05, 4.69) is 71.5 Å². The maximum Gasteiger partial charge on any atom is 0.407 e. The van der Waals surface area contributed by atoms with Gasteiger partial charge in [-0.1, -0.05) is 26.8 Å². The Hall–Kier alpha value is -4.71. The third kappa shape index (κ3) is 6.98. The van der Waals surface area contributed by atoms with Crippen LogP contribution in [0.4, 0.5) is 10.6 Å². The molecule has 2 N–H and O–H groups in total. The highest BCUT2D eigenvalue weighted by molar-refractivity contribution is 6.05. The van der Waals surface area contributed by atoms with Gasteiger partial charge in [0.1, 0.15) is 23.7 Å². The number of benzene rings is 2. The van der Waals surface area contributed by atoms with E-state index in [0.29, 0.717) is 18.5 Å². The van der Waals surface area contributed by atoms with Crippen LogP contribution in [0.5, 0.6) is 5.75 Å². The molecular formula is C38H46N6O6. The first-order valence-corrected chi connectivity index (χ1v) is 17.6. The number of fused-ring (bicyclic) bond motifs is 2. The van der Waals surface area contributed by atoms with Gasteiger partial charge in [0.15, 0.2) is 0 Å². The van der Waals surface area contributed by atoms with Crippen molar-refractivity contribution in [3.8, 4) is 5.75 Å². The predicted molar refractivity (Wildman–Crippen MR) is 188 cm³/mol. The summed E-state index contributed by atoms with van der Waals surface area (Å²) in [7, 11) is 1.40. The molecule has 0 bridgehead atoms. The van der Waals surface area contributed by atoms with Gasteiger partial charge in [-0.2, -0.15) is 0 Å².